The molecule has 2 nitrogen and oxygen atoms in total. The lowest BCUT2D eigenvalue weighted by Crippen LogP contribution is -2.23. The van der Waals surface area contributed by atoms with Gasteiger partial charge in [-0.2, -0.15) is 0 Å². The van der Waals surface area contributed by atoms with Crippen molar-refractivity contribution in [1.82, 2.24) is 4.90 Å². The molecular formula is C13H20N2. The van der Waals surface area contributed by atoms with Crippen LogP contribution in [0.1, 0.15) is 17.5 Å². The molecule has 0 radical (unpaired) electrons. The summed E-state index contributed by atoms with van der Waals surface area (Å²) < 4.78 is 0. The van der Waals surface area contributed by atoms with E-state index in [9.17, 15) is 0 Å². The van der Waals surface area contributed by atoms with Gasteiger partial charge in [-0.3, -0.25) is 0 Å². The molecule has 2 heteroatoms. The van der Waals surface area contributed by atoms with E-state index in [0.29, 0.717) is 6.04 Å². The maximum absolute atomic E-state index is 3.64. The second-order valence-corrected chi connectivity index (χ2v) is 4.64. The van der Waals surface area contributed by atoms with Crippen LogP contribution in [-0.4, -0.2) is 31.1 Å². The van der Waals surface area contributed by atoms with Gasteiger partial charge in [-0.1, -0.05) is 12.1 Å². The third kappa shape index (κ3) is 2.32. The second kappa shape index (κ2) is 4.23. The van der Waals surface area contributed by atoms with Crippen LogP contribution in [0.2, 0.25) is 0 Å². The number of anilines is 1. The summed E-state index contributed by atoms with van der Waals surface area (Å²) in [6.45, 7) is 6.73. The zero-order valence-corrected chi connectivity index (χ0v) is 9.88. The minimum atomic E-state index is 0.621. The van der Waals surface area contributed by atoms with Gasteiger partial charge in [0, 0.05) is 18.3 Å². The van der Waals surface area contributed by atoms with Crippen LogP contribution in [0.3, 0.4) is 0 Å². The van der Waals surface area contributed by atoms with Crippen LogP contribution >= 0.6 is 0 Å². The zero-order chi connectivity index (χ0) is 10.8. The largest absolute Gasteiger partial charge is 0.381 e. The number of rotatable bonds is 2. The molecule has 1 N–H and O–H groups in total. The second-order valence-electron chi connectivity index (χ2n) is 4.64. The van der Waals surface area contributed by atoms with Crippen molar-refractivity contribution in [2.45, 2.75) is 26.3 Å². The molecule has 0 saturated carbocycles. The molecule has 1 saturated heterocycles. The Morgan fingerprint density at radius 3 is 2.80 bits per heavy atom. The summed E-state index contributed by atoms with van der Waals surface area (Å²) in [6.07, 6.45) is 1.25. The van der Waals surface area contributed by atoms with E-state index >= 15 is 0 Å². The number of aryl methyl sites for hydroxylation is 1. The van der Waals surface area contributed by atoms with Gasteiger partial charge in [0.15, 0.2) is 0 Å². The Morgan fingerprint density at radius 2 is 2.13 bits per heavy atom. The van der Waals surface area contributed by atoms with E-state index in [4.69, 9.17) is 0 Å². The third-order valence-corrected chi connectivity index (χ3v) is 3.36. The van der Waals surface area contributed by atoms with Gasteiger partial charge in [-0.25, -0.2) is 0 Å². The molecule has 1 aromatic carbocycles. The molecule has 0 bridgehead atoms. The van der Waals surface area contributed by atoms with Crippen LogP contribution in [0.4, 0.5) is 5.69 Å². The molecule has 1 fully saturated rings. The van der Waals surface area contributed by atoms with Crippen molar-refractivity contribution in [2.75, 3.05) is 25.5 Å². The first-order valence-electron chi connectivity index (χ1n) is 5.68. The van der Waals surface area contributed by atoms with Gasteiger partial charge in [0.1, 0.15) is 0 Å². The predicted molar refractivity (Wildman–Crippen MR) is 65.4 cm³/mol. The highest BCUT2D eigenvalue weighted by atomic mass is 15.2. The van der Waals surface area contributed by atoms with Crippen LogP contribution < -0.4 is 5.32 Å². The number of hydrogen-bond acceptors (Lipinski definition) is 2. The molecule has 1 heterocycles. The van der Waals surface area contributed by atoms with E-state index in [1.807, 2.05) is 0 Å². The van der Waals surface area contributed by atoms with Crippen molar-refractivity contribution in [1.29, 1.82) is 0 Å². The van der Waals surface area contributed by atoms with Gasteiger partial charge >= 0.3 is 0 Å². The smallest absolute Gasteiger partial charge is 0.0400 e. The molecule has 1 aromatic rings. The Hall–Kier alpha value is -1.02. The number of benzene rings is 1. The highest BCUT2D eigenvalue weighted by Gasteiger charge is 2.19. The first kappa shape index (κ1) is 10.5. The highest BCUT2D eigenvalue weighted by molar-refractivity contribution is 5.54. The van der Waals surface area contributed by atoms with Crippen LogP contribution in [-0.2, 0) is 0 Å². The van der Waals surface area contributed by atoms with Crippen molar-refractivity contribution >= 4 is 5.69 Å². The normalized spacial score (nSPS) is 21.9. The minimum Gasteiger partial charge on any atom is -0.381 e. The fourth-order valence-electron chi connectivity index (χ4n) is 2.18. The first-order valence-corrected chi connectivity index (χ1v) is 5.68. The Bertz CT molecular complexity index is 346. The van der Waals surface area contributed by atoms with Gasteiger partial charge < -0.3 is 10.2 Å². The van der Waals surface area contributed by atoms with Gasteiger partial charge in [0.05, 0.1) is 0 Å². The summed E-state index contributed by atoms with van der Waals surface area (Å²) >= 11 is 0. The molecule has 1 aliphatic rings. The quantitative estimate of drug-likeness (QED) is 0.796. The van der Waals surface area contributed by atoms with E-state index in [2.05, 4.69) is 49.3 Å². The first-order chi connectivity index (χ1) is 7.16. The summed E-state index contributed by atoms with van der Waals surface area (Å²) in [4.78, 5) is 2.38. The molecule has 2 rings (SSSR count). The molecule has 0 aromatic heterocycles. The number of nitrogens with one attached hydrogen (secondary N) is 1. The van der Waals surface area contributed by atoms with E-state index in [1.165, 1.54) is 29.8 Å². The topological polar surface area (TPSA) is 15.3 Å². The summed E-state index contributed by atoms with van der Waals surface area (Å²) in [5.74, 6) is 0. The van der Waals surface area contributed by atoms with Crippen LogP contribution in [0.15, 0.2) is 18.2 Å². The zero-order valence-electron chi connectivity index (χ0n) is 9.88. The van der Waals surface area contributed by atoms with Crippen molar-refractivity contribution in [2.24, 2.45) is 0 Å². The number of likely N-dealkylation sites (tertiary alicyclic amines) is 1. The Morgan fingerprint density at radius 1 is 1.33 bits per heavy atom. The van der Waals surface area contributed by atoms with E-state index < -0.39 is 0 Å². The predicted octanol–water partition coefficient (Wildman–Crippen LogP) is 2.42. The molecular weight excluding hydrogens is 184 g/mol. The molecule has 1 atom stereocenters. The molecule has 1 aliphatic heterocycles. The van der Waals surface area contributed by atoms with Crippen molar-refractivity contribution in [3.8, 4) is 0 Å². The van der Waals surface area contributed by atoms with E-state index in [0.717, 1.165) is 6.54 Å². The molecule has 82 valence electrons. The minimum absolute atomic E-state index is 0.621. The standard InChI is InChI=1S/C13H20N2/c1-10-5-4-6-13(11(10)2)14-12-7-8-15(3)9-12/h4-6,12,14H,7-9H2,1-3H3. The van der Waals surface area contributed by atoms with Crippen molar-refractivity contribution in [3.05, 3.63) is 29.3 Å². The van der Waals surface area contributed by atoms with Crippen LogP contribution in [0.25, 0.3) is 0 Å². The van der Waals surface area contributed by atoms with Gasteiger partial charge in [0.25, 0.3) is 0 Å². The Labute approximate surface area is 92.3 Å². The number of nitrogens with zero attached hydrogens (tertiary/aromatic N) is 1. The Kier molecular flexibility index (Phi) is 2.96. The van der Waals surface area contributed by atoms with E-state index in [1.54, 1.807) is 0 Å². The molecule has 1 unspecified atom stereocenters. The SMILES string of the molecule is Cc1cccc(NC2CCN(C)C2)c1C. The summed E-state index contributed by atoms with van der Waals surface area (Å²) in [6, 6.07) is 7.10. The van der Waals surface area contributed by atoms with Gasteiger partial charge in [0.2, 0.25) is 0 Å². The van der Waals surface area contributed by atoms with Gasteiger partial charge in [-0.05, 0) is 51.1 Å². The van der Waals surface area contributed by atoms with Crippen LogP contribution in [0.5, 0.6) is 0 Å². The lowest BCUT2D eigenvalue weighted by Gasteiger charge is -2.17. The monoisotopic (exact) mass is 204 g/mol. The molecule has 0 aliphatic carbocycles. The molecule has 0 spiro atoms. The number of hydrogen-bond donors (Lipinski definition) is 1. The van der Waals surface area contributed by atoms with Crippen molar-refractivity contribution < 1.29 is 0 Å². The van der Waals surface area contributed by atoms with Crippen LogP contribution in [0, 0.1) is 13.8 Å². The fourth-order valence-corrected chi connectivity index (χ4v) is 2.18. The maximum Gasteiger partial charge on any atom is 0.0400 e. The molecule has 0 amide bonds. The highest BCUT2D eigenvalue weighted by Crippen LogP contribution is 2.21. The summed E-state index contributed by atoms with van der Waals surface area (Å²) in [5.41, 5.74) is 4.05. The fraction of sp³-hybridized carbons (Fsp3) is 0.538. The van der Waals surface area contributed by atoms with Crippen molar-refractivity contribution in [3.63, 3.8) is 0 Å². The average Bonchev–Trinajstić information content (AvgIpc) is 2.59. The summed E-state index contributed by atoms with van der Waals surface area (Å²) in [5, 5.41) is 3.64. The van der Waals surface area contributed by atoms with Gasteiger partial charge in [-0.15, -0.1) is 0 Å². The lowest BCUT2D eigenvalue weighted by atomic mass is 10.1. The summed E-state index contributed by atoms with van der Waals surface area (Å²) in [7, 11) is 2.19. The average molecular weight is 204 g/mol. The van der Waals surface area contributed by atoms with E-state index in [-0.39, 0.29) is 0 Å². The lowest BCUT2D eigenvalue weighted by molar-refractivity contribution is 0.414. The maximum atomic E-state index is 3.64. The molecule has 15 heavy (non-hydrogen) atoms. The number of likely N-dealkylation sites (N-methyl/N-ethyl adjacent to an activating group) is 1. The Balaban J connectivity index is 2.07. The third-order valence-electron chi connectivity index (χ3n) is 3.36.